The third kappa shape index (κ3) is 4.00. The summed E-state index contributed by atoms with van der Waals surface area (Å²) in [5.74, 6) is 1.89. The van der Waals surface area contributed by atoms with E-state index in [-0.39, 0.29) is 18.1 Å². The fraction of sp³-hybridized carbons (Fsp3) is 0.429. The van der Waals surface area contributed by atoms with Crippen molar-refractivity contribution in [3.8, 4) is 5.75 Å². The van der Waals surface area contributed by atoms with Crippen molar-refractivity contribution in [2.45, 2.75) is 44.8 Å². The molecule has 0 unspecified atom stereocenters. The van der Waals surface area contributed by atoms with Gasteiger partial charge in [-0.25, -0.2) is 14.5 Å². The third-order valence-corrected chi connectivity index (χ3v) is 5.45. The van der Waals surface area contributed by atoms with E-state index in [2.05, 4.69) is 15.4 Å². The standard InChI is InChI=1S/C21H26N6O3/c1-25-13-11-22-20(25)19(15-7-9-16(30-2)10-8-15)23-18(28)14-27-21(29)26-12-5-3-4-6-17(26)24-27/h7-11,13,19H,3-6,12,14H2,1-2H3,(H,23,28)/t19-/m1/s1. The average molecular weight is 410 g/mol. The molecule has 0 spiro atoms. The zero-order valence-electron chi connectivity index (χ0n) is 17.2. The molecule has 4 rings (SSSR count). The lowest BCUT2D eigenvalue weighted by molar-refractivity contribution is -0.122. The topological polar surface area (TPSA) is 96.0 Å². The van der Waals surface area contributed by atoms with Crippen LogP contribution < -0.4 is 15.7 Å². The van der Waals surface area contributed by atoms with E-state index in [0.717, 1.165) is 42.8 Å². The van der Waals surface area contributed by atoms with Gasteiger partial charge in [-0.1, -0.05) is 18.6 Å². The summed E-state index contributed by atoms with van der Waals surface area (Å²) in [7, 11) is 3.49. The van der Waals surface area contributed by atoms with Gasteiger partial charge in [0, 0.05) is 32.4 Å². The van der Waals surface area contributed by atoms with Crippen molar-refractivity contribution in [3.63, 3.8) is 0 Å². The molecule has 1 amide bonds. The fourth-order valence-corrected chi connectivity index (χ4v) is 3.82. The van der Waals surface area contributed by atoms with E-state index >= 15 is 0 Å². The molecule has 9 heteroatoms. The first-order valence-electron chi connectivity index (χ1n) is 10.1. The van der Waals surface area contributed by atoms with Crippen LogP contribution in [0.25, 0.3) is 0 Å². The van der Waals surface area contributed by atoms with Crippen LogP contribution in [0.15, 0.2) is 41.5 Å². The van der Waals surface area contributed by atoms with Crippen molar-refractivity contribution < 1.29 is 9.53 Å². The Morgan fingerprint density at radius 3 is 2.73 bits per heavy atom. The molecule has 158 valence electrons. The summed E-state index contributed by atoms with van der Waals surface area (Å²) in [6.45, 7) is 0.535. The van der Waals surface area contributed by atoms with Gasteiger partial charge in [0.05, 0.1) is 7.11 Å². The molecule has 0 bridgehead atoms. The summed E-state index contributed by atoms with van der Waals surface area (Å²) in [6.07, 6.45) is 7.36. The van der Waals surface area contributed by atoms with E-state index in [9.17, 15) is 9.59 Å². The third-order valence-electron chi connectivity index (χ3n) is 5.45. The van der Waals surface area contributed by atoms with Crippen LogP contribution >= 0.6 is 0 Å². The quantitative estimate of drug-likeness (QED) is 0.663. The molecule has 1 atom stereocenters. The Morgan fingerprint density at radius 1 is 1.23 bits per heavy atom. The first kappa shape index (κ1) is 19.9. The second-order valence-corrected chi connectivity index (χ2v) is 7.49. The molecule has 0 fully saturated rings. The SMILES string of the molecule is COc1ccc([C@@H](NC(=O)Cn2nc3n(c2=O)CCCCC3)c2nccn2C)cc1. The largest absolute Gasteiger partial charge is 0.497 e. The van der Waals surface area contributed by atoms with Gasteiger partial charge in [0.1, 0.15) is 30.0 Å². The second-order valence-electron chi connectivity index (χ2n) is 7.49. The number of nitrogens with zero attached hydrogens (tertiary/aromatic N) is 5. The summed E-state index contributed by atoms with van der Waals surface area (Å²) in [6, 6.07) is 7.01. The Balaban J connectivity index is 1.56. The first-order chi connectivity index (χ1) is 14.6. The number of benzene rings is 1. The molecular weight excluding hydrogens is 384 g/mol. The van der Waals surface area contributed by atoms with Crippen LogP contribution in [0.3, 0.4) is 0 Å². The maximum Gasteiger partial charge on any atom is 0.346 e. The van der Waals surface area contributed by atoms with Gasteiger partial charge in [0.2, 0.25) is 5.91 Å². The van der Waals surface area contributed by atoms with Gasteiger partial charge < -0.3 is 14.6 Å². The van der Waals surface area contributed by atoms with Crippen LogP contribution in [-0.2, 0) is 31.4 Å². The van der Waals surface area contributed by atoms with Crippen molar-refractivity contribution in [3.05, 3.63) is 64.4 Å². The van der Waals surface area contributed by atoms with Crippen molar-refractivity contribution in [1.82, 2.24) is 29.2 Å². The number of aromatic nitrogens is 5. The van der Waals surface area contributed by atoms with E-state index in [1.54, 1.807) is 17.9 Å². The summed E-state index contributed by atoms with van der Waals surface area (Å²) in [5, 5.41) is 7.41. The summed E-state index contributed by atoms with van der Waals surface area (Å²) in [4.78, 5) is 29.9. The zero-order valence-corrected chi connectivity index (χ0v) is 17.2. The number of aryl methyl sites for hydroxylation is 2. The summed E-state index contributed by atoms with van der Waals surface area (Å²) >= 11 is 0. The molecule has 3 heterocycles. The van der Waals surface area contributed by atoms with Gasteiger partial charge >= 0.3 is 5.69 Å². The van der Waals surface area contributed by atoms with Crippen LogP contribution in [-0.4, -0.2) is 36.9 Å². The number of hydrogen-bond acceptors (Lipinski definition) is 5. The number of nitrogens with one attached hydrogen (secondary N) is 1. The van der Waals surface area contributed by atoms with Crippen LogP contribution in [0.5, 0.6) is 5.75 Å². The van der Waals surface area contributed by atoms with Gasteiger partial charge in [-0.3, -0.25) is 9.36 Å². The van der Waals surface area contributed by atoms with Crippen molar-refractivity contribution in [2.24, 2.45) is 7.05 Å². The molecule has 3 aromatic rings. The van der Waals surface area contributed by atoms with Gasteiger partial charge in [0.25, 0.3) is 0 Å². The monoisotopic (exact) mass is 410 g/mol. The van der Waals surface area contributed by atoms with Crippen molar-refractivity contribution in [1.29, 1.82) is 0 Å². The molecule has 1 aliphatic heterocycles. The Hall–Kier alpha value is -3.36. The van der Waals surface area contributed by atoms with Gasteiger partial charge in [-0.05, 0) is 30.5 Å². The Kier molecular flexibility index (Phi) is 5.69. The van der Waals surface area contributed by atoms with Crippen LogP contribution in [0, 0.1) is 0 Å². The zero-order chi connectivity index (χ0) is 21.1. The van der Waals surface area contributed by atoms with Crippen LogP contribution in [0.4, 0.5) is 0 Å². The fourth-order valence-electron chi connectivity index (χ4n) is 3.82. The van der Waals surface area contributed by atoms with Gasteiger partial charge in [0.15, 0.2) is 0 Å². The Bertz CT molecular complexity index is 1080. The Labute approximate surface area is 174 Å². The molecule has 0 saturated carbocycles. The summed E-state index contributed by atoms with van der Waals surface area (Å²) in [5.41, 5.74) is 0.645. The van der Waals surface area contributed by atoms with Gasteiger partial charge in [-0.15, -0.1) is 0 Å². The lowest BCUT2D eigenvalue weighted by Crippen LogP contribution is -2.37. The van der Waals surface area contributed by atoms with Crippen molar-refractivity contribution >= 4 is 5.91 Å². The van der Waals surface area contributed by atoms with Gasteiger partial charge in [-0.2, -0.15) is 5.10 Å². The highest BCUT2D eigenvalue weighted by Crippen LogP contribution is 2.23. The number of methoxy groups -OCH3 is 1. The molecule has 1 N–H and O–H groups in total. The highest BCUT2D eigenvalue weighted by Gasteiger charge is 2.23. The predicted molar refractivity (Wildman–Crippen MR) is 110 cm³/mol. The molecular formula is C21H26N6O3. The molecule has 0 radical (unpaired) electrons. The molecule has 0 aliphatic carbocycles. The van der Waals surface area contributed by atoms with E-state index in [0.29, 0.717) is 12.4 Å². The number of carbonyl (C=O) groups excluding carboxylic acids is 1. The normalized spacial score (nSPS) is 14.6. The van der Waals surface area contributed by atoms with E-state index in [1.165, 1.54) is 4.68 Å². The van der Waals surface area contributed by atoms with Crippen LogP contribution in [0.2, 0.25) is 0 Å². The minimum absolute atomic E-state index is 0.129. The lowest BCUT2D eigenvalue weighted by atomic mass is 10.1. The number of hydrogen-bond donors (Lipinski definition) is 1. The number of ether oxygens (including phenoxy) is 1. The number of carbonyl (C=O) groups is 1. The smallest absolute Gasteiger partial charge is 0.346 e. The van der Waals surface area contributed by atoms with E-state index in [1.807, 2.05) is 42.1 Å². The molecule has 1 aliphatic rings. The molecule has 9 nitrogen and oxygen atoms in total. The highest BCUT2D eigenvalue weighted by molar-refractivity contribution is 5.76. The lowest BCUT2D eigenvalue weighted by Gasteiger charge is -2.19. The maximum absolute atomic E-state index is 12.9. The molecule has 2 aromatic heterocycles. The highest BCUT2D eigenvalue weighted by atomic mass is 16.5. The Morgan fingerprint density at radius 2 is 2.03 bits per heavy atom. The van der Waals surface area contributed by atoms with Crippen LogP contribution in [0.1, 0.15) is 42.5 Å². The van der Waals surface area contributed by atoms with E-state index in [4.69, 9.17) is 4.74 Å². The van der Waals surface area contributed by atoms with Crippen molar-refractivity contribution in [2.75, 3.05) is 7.11 Å². The maximum atomic E-state index is 12.9. The molecule has 0 saturated heterocycles. The second kappa shape index (κ2) is 8.56. The summed E-state index contributed by atoms with van der Waals surface area (Å²) < 4.78 is 10.0. The van der Waals surface area contributed by atoms with E-state index < -0.39 is 6.04 Å². The number of imidazole rings is 1. The number of rotatable bonds is 6. The predicted octanol–water partition coefficient (Wildman–Crippen LogP) is 1.42. The average Bonchev–Trinajstić information content (AvgIpc) is 3.20. The minimum atomic E-state index is -0.459. The molecule has 30 heavy (non-hydrogen) atoms. The number of amides is 1. The first-order valence-corrected chi connectivity index (χ1v) is 10.1. The number of fused-ring (bicyclic) bond motifs is 1. The minimum Gasteiger partial charge on any atom is -0.497 e. The molecule has 1 aromatic carbocycles.